The molecule has 2 unspecified atom stereocenters. The van der Waals surface area contributed by atoms with Crippen LogP contribution in [0.1, 0.15) is 32.3 Å². The van der Waals surface area contributed by atoms with E-state index in [4.69, 9.17) is 10.6 Å². The number of nitrogens with two attached hydrogens (primary N) is 1. The highest BCUT2D eigenvalue weighted by atomic mass is 16.5. The van der Waals surface area contributed by atoms with Crippen molar-refractivity contribution in [3.05, 3.63) is 35.9 Å². The Balaban J connectivity index is 2.02. The van der Waals surface area contributed by atoms with Gasteiger partial charge in [0.05, 0.1) is 13.2 Å². The van der Waals surface area contributed by atoms with E-state index in [2.05, 4.69) is 54.5 Å². The molecule has 1 aliphatic rings. The van der Waals surface area contributed by atoms with Crippen LogP contribution in [0.15, 0.2) is 30.3 Å². The van der Waals surface area contributed by atoms with Gasteiger partial charge >= 0.3 is 0 Å². The standard InChI is InChI=1S/C17H29N3O/c1-3-17(2,20-11-13-21-14-12-20)16(19-18)10-9-15-7-5-4-6-8-15/h4-8,16,19H,3,9-14,18H2,1-2H3. The molecule has 4 heteroatoms. The van der Waals surface area contributed by atoms with Crippen LogP contribution in [0.4, 0.5) is 0 Å². The van der Waals surface area contributed by atoms with Gasteiger partial charge in [0.2, 0.25) is 0 Å². The minimum absolute atomic E-state index is 0.0767. The highest BCUT2D eigenvalue weighted by molar-refractivity contribution is 5.15. The van der Waals surface area contributed by atoms with Crippen LogP contribution in [0.5, 0.6) is 0 Å². The molecule has 4 nitrogen and oxygen atoms in total. The maximum atomic E-state index is 5.90. The van der Waals surface area contributed by atoms with Crippen LogP contribution in [0, 0.1) is 0 Å². The number of hydrogen-bond donors (Lipinski definition) is 2. The Morgan fingerprint density at radius 2 is 1.95 bits per heavy atom. The van der Waals surface area contributed by atoms with Crippen molar-refractivity contribution in [3.63, 3.8) is 0 Å². The lowest BCUT2D eigenvalue weighted by Gasteiger charge is -2.47. The summed E-state index contributed by atoms with van der Waals surface area (Å²) in [6, 6.07) is 10.9. The Bertz CT molecular complexity index is 406. The van der Waals surface area contributed by atoms with Crippen molar-refractivity contribution < 1.29 is 4.74 Å². The van der Waals surface area contributed by atoms with Crippen LogP contribution >= 0.6 is 0 Å². The van der Waals surface area contributed by atoms with Crippen molar-refractivity contribution in [1.29, 1.82) is 0 Å². The van der Waals surface area contributed by atoms with Crippen LogP contribution in [-0.2, 0) is 11.2 Å². The van der Waals surface area contributed by atoms with E-state index in [0.29, 0.717) is 0 Å². The molecule has 0 saturated carbocycles. The first kappa shape index (κ1) is 16.4. The number of rotatable bonds is 7. The Hall–Kier alpha value is -0.940. The van der Waals surface area contributed by atoms with Gasteiger partial charge in [0.1, 0.15) is 0 Å². The Morgan fingerprint density at radius 3 is 2.52 bits per heavy atom. The van der Waals surface area contributed by atoms with Crippen LogP contribution in [0.3, 0.4) is 0 Å². The fourth-order valence-corrected chi connectivity index (χ4v) is 3.29. The number of morpholine rings is 1. The molecular weight excluding hydrogens is 262 g/mol. The zero-order valence-electron chi connectivity index (χ0n) is 13.3. The molecule has 0 radical (unpaired) electrons. The third-order valence-corrected chi connectivity index (χ3v) is 4.97. The van der Waals surface area contributed by atoms with Gasteiger partial charge in [-0.2, -0.15) is 0 Å². The summed E-state index contributed by atoms with van der Waals surface area (Å²) in [7, 11) is 0. The van der Waals surface area contributed by atoms with Gasteiger partial charge in [0.15, 0.2) is 0 Å². The summed E-state index contributed by atoms with van der Waals surface area (Å²) in [5.74, 6) is 5.90. The highest BCUT2D eigenvalue weighted by Gasteiger charge is 2.38. The lowest BCUT2D eigenvalue weighted by molar-refractivity contribution is -0.0334. The third kappa shape index (κ3) is 4.04. The lowest BCUT2D eigenvalue weighted by Crippen LogP contribution is -2.63. The van der Waals surface area contributed by atoms with Crippen molar-refractivity contribution in [1.82, 2.24) is 10.3 Å². The van der Waals surface area contributed by atoms with Crippen molar-refractivity contribution >= 4 is 0 Å². The molecule has 2 rings (SSSR count). The van der Waals surface area contributed by atoms with Crippen LogP contribution in [-0.4, -0.2) is 42.8 Å². The molecule has 1 aliphatic heterocycles. The van der Waals surface area contributed by atoms with Gasteiger partial charge < -0.3 is 4.74 Å². The van der Waals surface area contributed by atoms with Gasteiger partial charge in [-0.3, -0.25) is 16.2 Å². The maximum absolute atomic E-state index is 5.90. The van der Waals surface area contributed by atoms with Gasteiger partial charge in [0, 0.05) is 24.7 Å². The van der Waals surface area contributed by atoms with Crippen LogP contribution < -0.4 is 11.3 Å². The summed E-state index contributed by atoms with van der Waals surface area (Å²) in [6.07, 6.45) is 3.18. The summed E-state index contributed by atoms with van der Waals surface area (Å²) in [4.78, 5) is 2.53. The number of aryl methyl sites for hydroxylation is 1. The number of nitrogens with zero attached hydrogens (tertiary/aromatic N) is 1. The normalized spacial score (nSPS) is 20.9. The molecule has 21 heavy (non-hydrogen) atoms. The molecule has 0 aliphatic carbocycles. The zero-order chi connectivity index (χ0) is 15.1. The van der Waals surface area contributed by atoms with Gasteiger partial charge in [-0.15, -0.1) is 0 Å². The molecule has 0 aromatic heterocycles. The monoisotopic (exact) mass is 291 g/mol. The molecule has 1 aromatic rings. The van der Waals surface area contributed by atoms with Crippen molar-refractivity contribution in [2.24, 2.45) is 5.84 Å². The summed E-state index contributed by atoms with van der Waals surface area (Å²) in [5, 5.41) is 0. The molecular formula is C17H29N3O. The van der Waals surface area contributed by atoms with Crippen LogP contribution in [0.2, 0.25) is 0 Å². The van der Waals surface area contributed by atoms with E-state index in [0.717, 1.165) is 45.6 Å². The minimum atomic E-state index is 0.0767. The van der Waals surface area contributed by atoms with E-state index in [1.165, 1.54) is 5.56 Å². The summed E-state index contributed by atoms with van der Waals surface area (Å²) in [6.45, 7) is 8.22. The maximum Gasteiger partial charge on any atom is 0.0594 e. The molecule has 1 fully saturated rings. The van der Waals surface area contributed by atoms with E-state index in [1.54, 1.807) is 0 Å². The molecule has 0 amide bonds. The molecule has 2 atom stereocenters. The zero-order valence-corrected chi connectivity index (χ0v) is 13.3. The van der Waals surface area contributed by atoms with E-state index in [-0.39, 0.29) is 11.6 Å². The Morgan fingerprint density at radius 1 is 1.29 bits per heavy atom. The predicted octanol–water partition coefficient (Wildman–Crippen LogP) is 1.95. The average Bonchev–Trinajstić information content (AvgIpc) is 2.56. The topological polar surface area (TPSA) is 50.5 Å². The molecule has 0 spiro atoms. The lowest BCUT2D eigenvalue weighted by atomic mass is 9.84. The first-order valence-electron chi connectivity index (χ1n) is 8.03. The minimum Gasteiger partial charge on any atom is -0.379 e. The first-order valence-corrected chi connectivity index (χ1v) is 8.03. The summed E-state index contributed by atoms with van der Waals surface area (Å²) >= 11 is 0. The Labute approximate surface area is 128 Å². The fraction of sp³-hybridized carbons (Fsp3) is 0.647. The second-order valence-electron chi connectivity index (χ2n) is 6.05. The molecule has 3 N–H and O–H groups in total. The smallest absolute Gasteiger partial charge is 0.0594 e. The van der Waals surface area contributed by atoms with Gasteiger partial charge in [0.25, 0.3) is 0 Å². The largest absolute Gasteiger partial charge is 0.379 e. The highest BCUT2D eigenvalue weighted by Crippen LogP contribution is 2.27. The third-order valence-electron chi connectivity index (χ3n) is 4.97. The first-order chi connectivity index (χ1) is 10.2. The predicted molar refractivity (Wildman–Crippen MR) is 87.0 cm³/mol. The number of nitrogens with one attached hydrogen (secondary N) is 1. The van der Waals surface area contributed by atoms with Gasteiger partial charge in [-0.1, -0.05) is 37.3 Å². The number of hydrogen-bond acceptors (Lipinski definition) is 4. The van der Waals surface area contributed by atoms with Crippen LogP contribution in [0.25, 0.3) is 0 Å². The van der Waals surface area contributed by atoms with Crippen molar-refractivity contribution in [3.8, 4) is 0 Å². The fourth-order valence-electron chi connectivity index (χ4n) is 3.29. The number of benzene rings is 1. The number of ether oxygens (including phenoxy) is 1. The molecule has 1 aromatic carbocycles. The molecule has 1 heterocycles. The molecule has 1 saturated heterocycles. The second kappa shape index (κ2) is 7.90. The molecule has 118 valence electrons. The Kier molecular flexibility index (Phi) is 6.18. The SMILES string of the molecule is CCC(C)(C(CCc1ccccc1)NN)N1CCOCC1. The summed E-state index contributed by atoms with van der Waals surface area (Å²) < 4.78 is 5.49. The quantitative estimate of drug-likeness (QED) is 0.595. The molecule has 0 bridgehead atoms. The summed E-state index contributed by atoms with van der Waals surface area (Å²) in [5.41, 5.74) is 4.53. The van der Waals surface area contributed by atoms with Gasteiger partial charge in [-0.05, 0) is 31.7 Å². The van der Waals surface area contributed by atoms with E-state index < -0.39 is 0 Å². The van der Waals surface area contributed by atoms with Crippen molar-refractivity contribution in [2.75, 3.05) is 26.3 Å². The van der Waals surface area contributed by atoms with Gasteiger partial charge in [-0.25, -0.2) is 0 Å². The number of hydrazine groups is 1. The second-order valence-corrected chi connectivity index (χ2v) is 6.05. The average molecular weight is 291 g/mol. The van der Waals surface area contributed by atoms with E-state index in [1.807, 2.05) is 0 Å². The van der Waals surface area contributed by atoms with E-state index >= 15 is 0 Å². The van der Waals surface area contributed by atoms with Crippen molar-refractivity contribution in [2.45, 2.75) is 44.7 Å². The van der Waals surface area contributed by atoms with E-state index in [9.17, 15) is 0 Å².